The summed E-state index contributed by atoms with van der Waals surface area (Å²) in [6, 6.07) is 0. The summed E-state index contributed by atoms with van der Waals surface area (Å²) in [4.78, 5) is 20.6. The van der Waals surface area contributed by atoms with Crippen molar-refractivity contribution >= 4 is 11.7 Å². The van der Waals surface area contributed by atoms with Crippen LogP contribution in [-0.2, 0) is 14.3 Å². The summed E-state index contributed by atoms with van der Waals surface area (Å²) in [5.41, 5.74) is 4.81. The molecule has 1 rings (SSSR count). The first-order valence-corrected chi connectivity index (χ1v) is 2.58. The Labute approximate surface area is 52.0 Å². The molecule has 2 N–H and O–H groups in total. The molecule has 50 valence electrons. The number of primary amides is 1. The van der Waals surface area contributed by atoms with Crippen molar-refractivity contribution in [2.45, 2.75) is 19.1 Å². The normalized spacial score (nSPS) is 31.7. The van der Waals surface area contributed by atoms with Crippen molar-refractivity contribution in [3.05, 3.63) is 0 Å². The van der Waals surface area contributed by atoms with E-state index in [1.807, 2.05) is 0 Å². The Bertz CT molecular complexity index is 148. The molecule has 1 saturated heterocycles. The van der Waals surface area contributed by atoms with Crippen LogP contribution in [0.3, 0.4) is 0 Å². The summed E-state index contributed by atoms with van der Waals surface area (Å²) in [6.07, 6.45) is -1.20. The predicted octanol–water partition coefficient (Wildman–Crippen LogP) is -1.17. The van der Waals surface area contributed by atoms with Crippen LogP contribution in [0.2, 0.25) is 0 Å². The molecule has 1 fully saturated rings. The summed E-state index contributed by atoms with van der Waals surface area (Å²) in [5, 5.41) is 0. The minimum atomic E-state index is -0.650. The maximum absolute atomic E-state index is 10.4. The molecule has 4 heteroatoms. The van der Waals surface area contributed by atoms with Gasteiger partial charge in [-0.05, 0) is 6.92 Å². The second kappa shape index (κ2) is 1.80. The van der Waals surface area contributed by atoms with Gasteiger partial charge in [-0.15, -0.1) is 0 Å². The van der Waals surface area contributed by atoms with Gasteiger partial charge in [0.2, 0.25) is 5.91 Å². The molecule has 0 aromatic carbocycles. The standard InChI is InChI=1S/C5H7NO3/c1-2(7)3-4(9-3)5(6)8/h3-4H,1H3,(H2,6,8)/t3-,4-/m0/s1. The first-order chi connectivity index (χ1) is 4.13. The lowest BCUT2D eigenvalue weighted by Crippen LogP contribution is -2.21. The van der Waals surface area contributed by atoms with Crippen molar-refractivity contribution in [3.8, 4) is 0 Å². The Hall–Kier alpha value is -0.900. The van der Waals surface area contributed by atoms with Gasteiger partial charge in [0.25, 0.3) is 0 Å². The zero-order valence-electron chi connectivity index (χ0n) is 4.96. The number of ketones is 1. The molecule has 1 amide bonds. The fraction of sp³-hybridized carbons (Fsp3) is 0.600. The summed E-state index contributed by atoms with van der Waals surface area (Å²) < 4.78 is 4.62. The lowest BCUT2D eigenvalue weighted by Gasteiger charge is -1.80. The van der Waals surface area contributed by atoms with Crippen molar-refractivity contribution in [1.82, 2.24) is 0 Å². The molecule has 1 aliphatic rings. The molecule has 2 atom stereocenters. The molecule has 0 bridgehead atoms. The maximum atomic E-state index is 10.4. The van der Waals surface area contributed by atoms with E-state index in [0.717, 1.165) is 0 Å². The lowest BCUT2D eigenvalue weighted by molar-refractivity contribution is -0.120. The first kappa shape index (κ1) is 6.22. The third kappa shape index (κ3) is 1.08. The van der Waals surface area contributed by atoms with Gasteiger partial charge in [0.05, 0.1) is 0 Å². The molecular weight excluding hydrogens is 122 g/mol. The van der Waals surface area contributed by atoms with Gasteiger partial charge in [0, 0.05) is 0 Å². The van der Waals surface area contributed by atoms with E-state index in [1.54, 1.807) is 0 Å². The zero-order valence-corrected chi connectivity index (χ0v) is 4.96. The van der Waals surface area contributed by atoms with Crippen molar-refractivity contribution in [2.75, 3.05) is 0 Å². The van der Waals surface area contributed by atoms with Gasteiger partial charge < -0.3 is 10.5 Å². The highest BCUT2D eigenvalue weighted by Crippen LogP contribution is 2.21. The topological polar surface area (TPSA) is 72.7 Å². The molecular formula is C5H7NO3. The lowest BCUT2D eigenvalue weighted by atomic mass is 10.2. The molecule has 0 aromatic rings. The minimum absolute atomic E-state index is 0.140. The quantitative estimate of drug-likeness (QED) is 0.477. The molecule has 4 nitrogen and oxygen atoms in total. The smallest absolute Gasteiger partial charge is 0.249 e. The fourth-order valence-electron chi connectivity index (χ4n) is 0.638. The van der Waals surface area contributed by atoms with Crippen LogP contribution in [0.15, 0.2) is 0 Å². The molecule has 1 heterocycles. The third-order valence-corrected chi connectivity index (χ3v) is 1.17. The van der Waals surface area contributed by atoms with Crippen LogP contribution < -0.4 is 5.73 Å². The molecule has 0 spiro atoms. The van der Waals surface area contributed by atoms with Crippen LogP contribution in [0, 0.1) is 0 Å². The van der Waals surface area contributed by atoms with Gasteiger partial charge >= 0.3 is 0 Å². The molecule has 0 unspecified atom stereocenters. The van der Waals surface area contributed by atoms with Gasteiger partial charge in [0.15, 0.2) is 18.0 Å². The monoisotopic (exact) mass is 129 g/mol. The Balaban J connectivity index is 2.42. The Morgan fingerprint density at radius 1 is 1.44 bits per heavy atom. The van der Waals surface area contributed by atoms with E-state index < -0.39 is 18.1 Å². The van der Waals surface area contributed by atoms with Crippen LogP contribution in [0.1, 0.15) is 6.92 Å². The Morgan fingerprint density at radius 2 is 2.00 bits per heavy atom. The number of hydrogen-bond acceptors (Lipinski definition) is 3. The number of epoxide rings is 1. The van der Waals surface area contributed by atoms with Gasteiger partial charge in [0.1, 0.15) is 0 Å². The second-order valence-electron chi connectivity index (χ2n) is 1.99. The predicted molar refractivity (Wildman–Crippen MR) is 28.5 cm³/mol. The Kier molecular flexibility index (Phi) is 1.25. The number of amides is 1. The number of nitrogens with two attached hydrogens (primary N) is 1. The van der Waals surface area contributed by atoms with Crippen LogP contribution in [-0.4, -0.2) is 23.9 Å². The number of carbonyl (C=O) groups excluding carboxylic acids is 2. The number of Topliss-reactive ketones (excluding diaryl/α,β-unsaturated/α-hetero) is 1. The highest BCUT2D eigenvalue weighted by atomic mass is 16.6. The summed E-state index contributed by atoms with van der Waals surface area (Å²) in [6.45, 7) is 1.37. The highest BCUT2D eigenvalue weighted by molar-refractivity contribution is 5.94. The third-order valence-electron chi connectivity index (χ3n) is 1.17. The van der Waals surface area contributed by atoms with E-state index in [-0.39, 0.29) is 5.78 Å². The van der Waals surface area contributed by atoms with E-state index in [0.29, 0.717) is 0 Å². The second-order valence-corrected chi connectivity index (χ2v) is 1.99. The van der Waals surface area contributed by atoms with E-state index >= 15 is 0 Å². The molecule has 0 aromatic heterocycles. The van der Waals surface area contributed by atoms with Crippen LogP contribution in [0.4, 0.5) is 0 Å². The SMILES string of the molecule is CC(=O)[C@@H]1O[C@@H]1C(N)=O. The molecule has 9 heavy (non-hydrogen) atoms. The number of hydrogen-bond donors (Lipinski definition) is 1. The van der Waals surface area contributed by atoms with Crippen molar-refractivity contribution in [3.63, 3.8) is 0 Å². The van der Waals surface area contributed by atoms with Gasteiger partial charge in [-0.3, -0.25) is 9.59 Å². The number of carbonyl (C=O) groups is 2. The molecule has 0 saturated carbocycles. The zero-order chi connectivity index (χ0) is 7.02. The first-order valence-electron chi connectivity index (χ1n) is 2.58. The summed E-state index contributed by atoms with van der Waals surface area (Å²) >= 11 is 0. The van der Waals surface area contributed by atoms with E-state index in [2.05, 4.69) is 4.74 Å². The Morgan fingerprint density at radius 3 is 2.11 bits per heavy atom. The summed E-state index contributed by atoms with van der Waals surface area (Å²) in [5.74, 6) is -0.700. The number of rotatable bonds is 2. The van der Waals surface area contributed by atoms with E-state index in [1.165, 1.54) is 6.92 Å². The van der Waals surface area contributed by atoms with Crippen LogP contribution in [0.5, 0.6) is 0 Å². The highest BCUT2D eigenvalue weighted by Gasteiger charge is 2.46. The minimum Gasteiger partial charge on any atom is -0.367 e. The van der Waals surface area contributed by atoms with Crippen molar-refractivity contribution in [2.24, 2.45) is 5.73 Å². The largest absolute Gasteiger partial charge is 0.367 e. The van der Waals surface area contributed by atoms with Crippen molar-refractivity contribution in [1.29, 1.82) is 0 Å². The molecule has 0 radical (unpaired) electrons. The molecule has 1 aliphatic heterocycles. The fourth-order valence-corrected chi connectivity index (χ4v) is 0.638. The molecule has 0 aliphatic carbocycles. The average molecular weight is 129 g/mol. The van der Waals surface area contributed by atoms with Gasteiger partial charge in [-0.25, -0.2) is 0 Å². The van der Waals surface area contributed by atoms with Gasteiger partial charge in [-0.2, -0.15) is 0 Å². The summed E-state index contributed by atoms with van der Waals surface area (Å²) in [7, 11) is 0. The van der Waals surface area contributed by atoms with E-state index in [4.69, 9.17) is 5.73 Å². The van der Waals surface area contributed by atoms with E-state index in [9.17, 15) is 9.59 Å². The van der Waals surface area contributed by atoms with Crippen LogP contribution >= 0.6 is 0 Å². The average Bonchev–Trinajstić information content (AvgIpc) is 2.39. The maximum Gasteiger partial charge on any atom is 0.249 e. The van der Waals surface area contributed by atoms with Crippen LogP contribution in [0.25, 0.3) is 0 Å². The van der Waals surface area contributed by atoms with Crippen molar-refractivity contribution < 1.29 is 14.3 Å². The van der Waals surface area contributed by atoms with Gasteiger partial charge in [-0.1, -0.05) is 0 Å². The number of ether oxygens (including phenoxy) is 1.